The normalized spacial score (nSPS) is 13.2. The molecule has 1 heterocycles. The van der Waals surface area contributed by atoms with Gasteiger partial charge in [-0.2, -0.15) is 0 Å². The van der Waals surface area contributed by atoms with Gasteiger partial charge in [-0.05, 0) is 55.5 Å². The molecule has 0 aliphatic heterocycles. The van der Waals surface area contributed by atoms with E-state index >= 15 is 0 Å². The largest absolute Gasteiger partial charge is 0.507 e. The molecule has 2 aromatic carbocycles. The molecular formula is C23H22N2O4S. The molecule has 2 amide bonds. The molecule has 30 heavy (non-hydrogen) atoms. The summed E-state index contributed by atoms with van der Waals surface area (Å²) < 4.78 is 0. The minimum absolute atomic E-state index is 0.0213. The fourth-order valence-electron chi connectivity index (χ4n) is 3.67. The lowest BCUT2D eigenvalue weighted by atomic mass is 10.0. The number of benzene rings is 2. The Morgan fingerprint density at radius 3 is 2.27 bits per heavy atom. The van der Waals surface area contributed by atoms with Crippen molar-refractivity contribution >= 4 is 33.8 Å². The Balaban J connectivity index is 1.70. The van der Waals surface area contributed by atoms with Crippen molar-refractivity contribution in [3.63, 3.8) is 0 Å². The molecule has 154 valence electrons. The maximum Gasteiger partial charge on any atom is 0.260 e. The lowest BCUT2D eigenvalue weighted by molar-refractivity contribution is 0.102. The predicted molar refractivity (Wildman–Crippen MR) is 118 cm³/mol. The number of nitrogens with one attached hydrogen (secondary N) is 2. The highest BCUT2D eigenvalue weighted by Gasteiger charge is 2.26. The number of amides is 2. The predicted octanol–water partition coefficient (Wildman–Crippen LogP) is 4.93. The van der Waals surface area contributed by atoms with Crippen LogP contribution in [0.3, 0.4) is 0 Å². The molecule has 0 radical (unpaired) electrons. The second-order valence-electron chi connectivity index (χ2n) is 7.21. The Bertz CT molecular complexity index is 1110. The van der Waals surface area contributed by atoms with Crippen LogP contribution in [0.4, 0.5) is 10.7 Å². The highest BCUT2D eigenvalue weighted by molar-refractivity contribution is 7.17. The number of fused-ring (bicyclic) bond motifs is 1. The SMILES string of the molecule is O=C(Nc1sc2c(c1C(=O)Nc1ccccc1O)CCCCC2)c1ccccc1O. The van der Waals surface area contributed by atoms with Gasteiger partial charge in [-0.3, -0.25) is 9.59 Å². The molecule has 0 atom stereocenters. The van der Waals surface area contributed by atoms with Gasteiger partial charge in [-0.15, -0.1) is 11.3 Å². The molecule has 4 rings (SSSR count). The molecule has 0 saturated carbocycles. The van der Waals surface area contributed by atoms with Gasteiger partial charge in [0.25, 0.3) is 11.8 Å². The van der Waals surface area contributed by atoms with Crippen LogP contribution in [-0.4, -0.2) is 22.0 Å². The highest BCUT2D eigenvalue weighted by atomic mass is 32.1. The van der Waals surface area contributed by atoms with Crippen LogP contribution in [0.2, 0.25) is 0 Å². The monoisotopic (exact) mass is 422 g/mol. The van der Waals surface area contributed by atoms with Gasteiger partial charge in [0, 0.05) is 4.88 Å². The van der Waals surface area contributed by atoms with Crippen LogP contribution in [0.25, 0.3) is 0 Å². The first kappa shape index (κ1) is 20.0. The quantitative estimate of drug-likeness (QED) is 0.354. The zero-order valence-corrected chi connectivity index (χ0v) is 17.1. The Kier molecular flexibility index (Phi) is 5.72. The molecule has 6 nitrogen and oxygen atoms in total. The van der Waals surface area contributed by atoms with Crippen LogP contribution >= 0.6 is 11.3 Å². The van der Waals surface area contributed by atoms with Crippen molar-refractivity contribution < 1.29 is 19.8 Å². The Labute approximate surface area is 178 Å². The second kappa shape index (κ2) is 8.59. The van der Waals surface area contributed by atoms with Gasteiger partial charge >= 0.3 is 0 Å². The molecule has 0 fully saturated rings. The van der Waals surface area contributed by atoms with Crippen molar-refractivity contribution in [1.82, 2.24) is 0 Å². The fraction of sp³-hybridized carbons (Fsp3) is 0.217. The molecule has 0 spiro atoms. The van der Waals surface area contributed by atoms with Crippen LogP contribution in [0.5, 0.6) is 11.5 Å². The first-order valence-corrected chi connectivity index (χ1v) is 10.7. The summed E-state index contributed by atoms with van der Waals surface area (Å²) in [4.78, 5) is 27.1. The highest BCUT2D eigenvalue weighted by Crippen LogP contribution is 2.39. The molecule has 1 aliphatic carbocycles. The van der Waals surface area contributed by atoms with Crippen molar-refractivity contribution in [3.8, 4) is 11.5 Å². The lowest BCUT2D eigenvalue weighted by Gasteiger charge is -2.11. The summed E-state index contributed by atoms with van der Waals surface area (Å²) in [6.45, 7) is 0. The number of rotatable bonds is 4. The zero-order chi connectivity index (χ0) is 21.1. The minimum Gasteiger partial charge on any atom is -0.507 e. The van der Waals surface area contributed by atoms with E-state index in [-0.39, 0.29) is 23.0 Å². The molecule has 0 unspecified atom stereocenters. The van der Waals surface area contributed by atoms with Gasteiger partial charge in [-0.1, -0.05) is 30.7 Å². The summed E-state index contributed by atoms with van der Waals surface area (Å²) in [7, 11) is 0. The number of thiophene rings is 1. The number of phenolic OH excluding ortho intramolecular Hbond substituents is 2. The van der Waals surface area contributed by atoms with Crippen molar-refractivity contribution in [1.29, 1.82) is 0 Å². The first-order valence-electron chi connectivity index (χ1n) is 9.88. The van der Waals surface area contributed by atoms with Gasteiger partial charge in [0.15, 0.2) is 0 Å². The molecule has 0 bridgehead atoms. The minimum atomic E-state index is -0.471. The van der Waals surface area contributed by atoms with Crippen LogP contribution in [0.1, 0.15) is 50.4 Å². The van der Waals surface area contributed by atoms with Crippen LogP contribution < -0.4 is 10.6 Å². The number of carbonyl (C=O) groups is 2. The molecular weight excluding hydrogens is 400 g/mol. The van der Waals surface area contributed by atoms with Gasteiger partial charge < -0.3 is 20.8 Å². The number of carbonyl (C=O) groups excluding carboxylic acids is 2. The van der Waals surface area contributed by atoms with E-state index in [0.29, 0.717) is 16.3 Å². The number of hydrogen-bond acceptors (Lipinski definition) is 5. The third-order valence-corrected chi connectivity index (χ3v) is 6.38. The molecule has 1 aromatic heterocycles. The van der Waals surface area contributed by atoms with Crippen LogP contribution in [0.15, 0.2) is 48.5 Å². The summed E-state index contributed by atoms with van der Waals surface area (Å²) >= 11 is 1.41. The molecule has 1 aliphatic rings. The maximum atomic E-state index is 13.2. The third-order valence-electron chi connectivity index (χ3n) is 5.18. The van der Waals surface area contributed by atoms with Gasteiger partial charge in [0.05, 0.1) is 16.8 Å². The number of anilines is 2. The molecule has 0 saturated heterocycles. The van der Waals surface area contributed by atoms with E-state index in [0.717, 1.165) is 42.5 Å². The second-order valence-corrected chi connectivity index (χ2v) is 8.32. The van der Waals surface area contributed by atoms with E-state index in [1.807, 2.05) is 0 Å². The topological polar surface area (TPSA) is 98.7 Å². The average Bonchev–Trinajstić information content (AvgIpc) is 2.90. The van der Waals surface area contributed by atoms with Crippen LogP contribution in [-0.2, 0) is 12.8 Å². The zero-order valence-electron chi connectivity index (χ0n) is 16.3. The smallest absolute Gasteiger partial charge is 0.260 e. The van der Waals surface area contributed by atoms with Gasteiger partial charge in [0.2, 0.25) is 0 Å². The van der Waals surface area contributed by atoms with E-state index in [2.05, 4.69) is 10.6 Å². The summed E-state index contributed by atoms with van der Waals surface area (Å²) in [6, 6.07) is 12.8. The lowest BCUT2D eigenvalue weighted by Crippen LogP contribution is -2.18. The fourth-order valence-corrected chi connectivity index (χ4v) is 4.95. The van der Waals surface area contributed by atoms with E-state index < -0.39 is 5.91 Å². The van der Waals surface area contributed by atoms with Gasteiger partial charge in [0.1, 0.15) is 16.5 Å². The summed E-state index contributed by atoms with van der Waals surface area (Å²) in [5, 5.41) is 26.1. The van der Waals surface area contributed by atoms with E-state index in [9.17, 15) is 19.8 Å². The van der Waals surface area contributed by atoms with Crippen molar-refractivity contribution in [2.24, 2.45) is 0 Å². The Morgan fingerprint density at radius 2 is 1.50 bits per heavy atom. The first-order chi connectivity index (χ1) is 14.5. The van der Waals surface area contributed by atoms with E-state index in [4.69, 9.17) is 0 Å². The number of aryl methyl sites for hydroxylation is 1. The molecule has 3 aromatic rings. The summed E-state index contributed by atoms with van der Waals surface area (Å²) in [5.74, 6) is -0.982. The maximum absolute atomic E-state index is 13.2. The average molecular weight is 423 g/mol. The van der Waals surface area contributed by atoms with Crippen molar-refractivity contribution in [2.45, 2.75) is 32.1 Å². The van der Waals surface area contributed by atoms with Crippen LogP contribution in [0, 0.1) is 0 Å². The summed E-state index contributed by atoms with van der Waals surface area (Å²) in [6.07, 6.45) is 4.75. The molecule has 7 heteroatoms. The number of phenols is 2. The van der Waals surface area contributed by atoms with Gasteiger partial charge in [-0.25, -0.2) is 0 Å². The molecule has 4 N–H and O–H groups in total. The van der Waals surface area contributed by atoms with Crippen molar-refractivity contribution in [3.05, 3.63) is 70.1 Å². The van der Waals surface area contributed by atoms with E-state index in [1.165, 1.54) is 29.5 Å². The third kappa shape index (κ3) is 4.02. The standard InChI is InChI=1S/C23H22N2O4S/c26-17-11-6-4-8-14(17)21(28)25-23-20(15-9-2-1-3-13-19(15)30-23)22(29)24-16-10-5-7-12-18(16)27/h4-8,10-12,26-27H,1-3,9,13H2,(H,24,29)(H,25,28). The Morgan fingerprint density at radius 1 is 0.800 bits per heavy atom. The van der Waals surface area contributed by atoms with E-state index in [1.54, 1.807) is 30.3 Å². The Hall–Kier alpha value is -3.32. The number of para-hydroxylation sites is 3. The summed E-state index contributed by atoms with van der Waals surface area (Å²) in [5.41, 5.74) is 1.85. The number of hydrogen-bond donors (Lipinski definition) is 4. The van der Waals surface area contributed by atoms with Crippen molar-refractivity contribution in [2.75, 3.05) is 10.6 Å². The number of aromatic hydroxyl groups is 2.